The summed E-state index contributed by atoms with van der Waals surface area (Å²) >= 11 is 5.76. The zero-order valence-electron chi connectivity index (χ0n) is 15.9. The van der Waals surface area contributed by atoms with Gasteiger partial charge in [-0.2, -0.15) is 0 Å². The second-order valence-electron chi connectivity index (χ2n) is 7.72. The van der Waals surface area contributed by atoms with Crippen LogP contribution >= 0.6 is 11.6 Å². The van der Waals surface area contributed by atoms with Crippen molar-refractivity contribution in [2.45, 2.75) is 38.5 Å². The summed E-state index contributed by atoms with van der Waals surface area (Å²) in [6.07, 6.45) is 1.62. The summed E-state index contributed by atoms with van der Waals surface area (Å²) in [5.41, 5.74) is 2.01. The molecule has 0 radical (unpaired) electrons. The summed E-state index contributed by atoms with van der Waals surface area (Å²) < 4.78 is 14.4. The molecule has 29 heavy (non-hydrogen) atoms. The van der Waals surface area contributed by atoms with Crippen LogP contribution in [0.1, 0.15) is 24.0 Å². The first-order valence-corrected chi connectivity index (χ1v) is 9.87. The maximum absolute atomic E-state index is 14.4. The molecule has 2 amide bonds. The van der Waals surface area contributed by atoms with Crippen molar-refractivity contribution in [1.29, 1.82) is 0 Å². The monoisotopic (exact) mass is 417 g/mol. The Kier molecular flexibility index (Phi) is 5.27. The highest BCUT2D eigenvalue weighted by atomic mass is 35.5. The number of piperazine rings is 1. The van der Waals surface area contributed by atoms with Crippen LogP contribution in [0.25, 0.3) is 0 Å². The van der Waals surface area contributed by atoms with E-state index in [2.05, 4.69) is 4.98 Å². The third-order valence-electron chi connectivity index (χ3n) is 5.58. The number of carbonyl (C=O) groups is 2. The number of aryl methyl sites for hydroxylation is 1. The number of rotatable bonds is 4. The number of pyridine rings is 1. The summed E-state index contributed by atoms with van der Waals surface area (Å²) in [6.45, 7) is 1.97. The van der Waals surface area contributed by atoms with E-state index in [0.29, 0.717) is 12.8 Å². The Hall–Kier alpha value is -2.51. The molecule has 1 aliphatic heterocycles. The minimum absolute atomic E-state index is 0.113. The maximum Gasteiger partial charge on any atom is 0.251 e. The lowest BCUT2D eigenvalue weighted by Crippen LogP contribution is -2.64. The van der Waals surface area contributed by atoms with Crippen LogP contribution in [0.2, 0.25) is 5.02 Å². The van der Waals surface area contributed by atoms with Gasteiger partial charge in [-0.25, -0.2) is 9.37 Å². The number of amides is 2. The Morgan fingerprint density at radius 1 is 1.24 bits per heavy atom. The van der Waals surface area contributed by atoms with E-state index in [1.807, 2.05) is 31.2 Å². The molecule has 1 saturated heterocycles. The molecule has 0 spiro atoms. The van der Waals surface area contributed by atoms with E-state index >= 15 is 0 Å². The highest BCUT2D eigenvalue weighted by Crippen LogP contribution is 2.37. The van der Waals surface area contributed by atoms with Gasteiger partial charge in [0.2, 0.25) is 5.91 Å². The second kappa shape index (κ2) is 7.72. The fraction of sp³-hybridized carbons (Fsp3) is 0.381. The lowest BCUT2D eigenvalue weighted by Gasteiger charge is -2.47. The molecule has 1 aliphatic carbocycles. The van der Waals surface area contributed by atoms with Crippen LogP contribution in [-0.4, -0.2) is 45.5 Å². The van der Waals surface area contributed by atoms with Crippen molar-refractivity contribution in [2.24, 2.45) is 5.92 Å². The molecule has 1 N–H and O–H groups in total. The molecule has 2 fully saturated rings. The number of aliphatic hydroxyl groups is 1. The third kappa shape index (κ3) is 3.84. The van der Waals surface area contributed by atoms with E-state index in [0.717, 1.165) is 22.1 Å². The van der Waals surface area contributed by atoms with Crippen molar-refractivity contribution < 1.29 is 19.1 Å². The van der Waals surface area contributed by atoms with Crippen molar-refractivity contribution in [3.63, 3.8) is 0 Å². The van der Waals surface area contributed by atoms with E-state index in [1.165, 1.54) is 6.20 Å². The fourth-order valence-corrected chi connectivity index (χ4v) is 4.10. The van der Waals surface area contributed by atoms with Crippen molar-refractivity contribution in [3.8, 4) is 0 Å². The van der Waals surface area contributed by atoms with E-state index in [1.54, 1.807) is 4.90 Å². The minimum atomic E-state index is -0.766. The Morgan fingerprint density at radius 2 is 1.93 bits per heavy atom. The van der Waals surface area contributed by atoms with Crippen LogP contribution in [0, 0.1) is 18.7 Å². The van der Waals surface area contributed by atoms with Gasteiger partial charge in [0.15, 0.2) is 11.6 Å². The standard InChI is InChI=1S/C21H21ClFN3O3/c1-12-2-4-13(5-3-12)10-25-18(28)11-26(20-17(23)8-15(22)9-24-20)21(29)19(25)14-6-16(27)7-14/h2-5,8-9,14,16,19,27H,6-7,10-11H2,1H3. The van der Waals surface area contributed by atoms with Gasteiger partial charge < -0.3 is 10.0 Å². The van der Waals surface area contributed by atoms with Crippen LogP contribution in [0.15, 0.2) is 36.5 Å². The normalized spacial score (nSPS) is 24.6. The van der Waals surface area contributed by atoms with Crippen molar-refractivity contribution >= 4 is 29.2 Å². The van der Waals surface area contributed by atoms with Gasteiger partial charge in [-0.3, -0.25) is 14.5 Å². The number of nitrogens with zero attached hydrogens (tertiary/aromatic N) is 3. The molecule has 1 aromatic carbocycles. The topological polar surface area (TPSA) is 73.7 Å². The van der Waals surface area contributed by atoms with Gasteiger partial charge in [0.25, 0.3) is 5.91 Å². The van der Waals surface area contributed by atoms with Gasteiger partial charge in [0, 0.05) is 12.7 Å². The predicted molar refractivity (Wildman–Crippen MR) is 106 cm³/mol. The summed E-state index contributed by atoms with van der Waals surface area (Å²) in [7, 11) is 0. The zero-order valence-corrected chi connectivity index (χ0v) is 16.6. The van der Waals surface area contributed by atoms with Crippen LogP contribution in [0.3, 0.4) is 0 Å². The molecule has 152 valence electrons. The molecule has 1 aromatic heterocycles. The number of benzene rings is 1. The number of anilines is 1. The average Bonchev–Trinajstić information content (AvgIpc) is 2.65. The minimum Gasteiger partial charge on any atom is -0.393 e. The molecule has 1 saturated carbocycles. The largest absolute Gasteiger partial charge is 0.393 e. The number of carbonyl (C=O) groups excluding carboxylic acids is 2. The quantitative estimate of drug-likeness (QED) is 0.830. The van der Waals surface area contributed by atoms with Crippen LogP contribution in [0.5, 0.6) is 0 Å². The van der Waals surface area contributed by atoms with E-state index in [-0.39, 0.29) is 41.7 Å². The number of aromatic nitrogens is 1. The molecule has 1 atom stereocenters. The Balaban J connectivity index is 1.65. The molecular weight excluding hydrogens is 397 g/mol. The molecule has 2 aromatic rings. The van der Waals surface area contributed by atoms with Crippen molar-refractivity contribution in [3.05, 3.63) is 58.5 Å². The van der Waals surface area contributed by atoms with Crippen LogP contribution in [0.4, 0.5) is 10.2 Å². The Morgan fingerprint density at radius 3 is 2.55 bits per heavy atom. The van der Waals surface area contributed by atoms with Crippen LogP contribution < -0.4 is 4.90 Å². The zero-order chi connectivity index (χ0) is 20.7. The molecule has 8 heteroatoms. The third-order valence-corrected chi connectivity index (χ3v) is 5.79. The molecule has 2 heterocycles. The van der Waals surface area contributed by atoms with Crippen molar-refractivity contribution in [1.82, 2.24) is 9.88 Å². The first kappa shape index (κ1) is 19.8. The molecule has 2 aliphatic rings. The first-order valence-electron chi connectivity index (χ1n) is 9.49. The summed E-state index contributed by atoms with van der Waals surface area (Å²) in [5.74, 6) is -1.80. The van der Waals surface area contributed by atoms with E-state index < -0.39 is 18.0 Å². The van der Waals surface area contributed by atoms with Crippen molar-refractivity contribution in [2.75, 3.05) is 11.4 Å². The van der Waals surface area contributed by atoms with Crippen LogP contribution in [-0.2, 0) is 16.1 Å². The molecule has 1 unspecified atom stereocenters. The average molecular weight is 418 g/mol. The van der Waals surface area contributed by atoms with Gasteiger partial charge in [-0.15, -0.1) is 0 Å². The highest BCUT2D eigenvalue weighted by molar-refractivity contribution is 6.30. The molecule has 4 rings (SSSR count). The summed E-state index contributed by atoms with van der Waals surface area (Å²) in [5, 5.41) is 9.86. The van der Waals surface area contributed by atoms with Gasteiger partial charge >= 0.3 is 0 Å². The number of hydrogen-bond donors (Lipinski definition) is 1. The summed E-state index contributed by atoms with van der Waals surface area (Å²) in [4.78, 5) is 32.9. The number of hydrogen-bond acceptors (Lipinski definition) is 4. The fourth-order valence-electron chi connectivity index (χ4n) is 3.96. The van der Waals surface area contributed by atoms with Gasteiger partial charge in [-0.1, -0.05) is 41.4 Å². The maximum atomic E-state index is 14.4. The second-order valence-corrected chi connectivity index (χ2v) is 8.16. The Labute approximate surface area is 172 Å². The highest BCUT2D eigenvalue weighted by Gasteiger charge is 2.48. The van der Waals surface area contributed by atoms with E-state index in [9.17, 15) is 19.1 Å². The molecule has 0 bridgehead atoms. The lowest BCUT2D eigenvalue weighted by atomic mass is 9.75. The molecule has 6 nitrogen and oxygen atoms in total. The predicted octanol–water partition coefficient (Wildman–Crippen LogP) is 2.70. The van der Waals surface area contributed by atoms with Gasteiger partial charge in [-0.05, 0) is 37.3 Å². The Bertz CT molecular complexity index is 947. The SMILES string of the molecule is Cc1ccc(CN2C(=O)CN(c3ncc(Cl)cc3F)C(=O)C2C2CC(O)C2)cc1. The number of halogens is 2. The first-order chi connectivity index (χ1) is 13.8. The van der Waals surface area contributed by atoms with Gasteiger partial charge in [0.05, 0.1) is 11.1 Å². The van der Waals surface area contributed by atoms with E-state index in [4.69, 9.17) is 11.6 Å². The number of aliphatic hydroxyl groups excluding tert-OH is 1. The lowest BCUT2D eigenvalue weighted by molar-refractivity contribution is -0.149. The molecular formula is C21H21ClFN3O3. The smallest absolute Gasteiger partial charge is 0.251 e. The summed E-state index contributed by atoms with van der Waals surface area (Å²) in [6, 6.07) is 8.06. The van der Waals surface area contributed by atoms with Gasteiger partial charge in [0.1, 0.15) is 12.6 Å².